The zero-order valence-electron chi connectivity index (χ0n) is 13.5. The number of hydrogen-bond acceptors (Lipinski definition) is 3. The van der Waals surface area contributed by atoms with Crippen LogP contribution in [0.15, 0.2) is 0 Å². The van der Waals surface area contributed by atoms with Gasteiger partial charge in [0.2, 0.25) is 11.8 Å². The van der Waals surface area contributed by atoms with E-state index in [0.717, 1.165) is 19.4 Å². The molecule has 0 aromatic carbocycles. The van der Waals surface area contributed by atoms with Crippen LogP contribution in [0.4, 0.5) is 0 Å². The van der Waals surface area contributed by atoms with Crippen molar-refractivity contribution in [2.75, 3.05) is 39.4 Å². The number of ether oxygens (including phenoxy) is 1. The summed E-state index contributed by atoms with van der Waals surface area (Å²) in [4.78, 5) is 28.4. The topological polar surface area (TPSA) is 49.9 Å². The number of rotatable bonds is 5. The highest BCUT2D eigenvalue weighted by Crippen LogP contribution is 2.28. The molecule has 0 aromatic heterocycles. The molecule has 0 aromatic rings. The third-order valence-corrected chi connectivity index (χ3v) is 5.17. The Morgan fingerprint density at radius 1 is 0.864 bits per heavy atom. The fourth-order valence-electron chi connectivity index (χ4n) is 3.47. The first kappa shape index (κ1) is 15.8. The predicted octanol–water partition coefficient (Wildman–Crippen LogP) is 1.66. The molecule has 2 amide bonds. The van der Waals surface area contributed by atoms with Crippen LogP contribution in [-0.4, -0.2) is 61.0 Å². The molecule has 0 radical (unpaired) electrons. The van der Waals surface area contributed by atoms with E-state index in [1.807, 2.05) is 9.80 Å². The van der Waals surface area contributed by atoms with Crippen LogP contribution >= 0.6 is 0 Å². The highest BCUT2D eigenvalue weighted by Gasteiger charge is 2.29. The molecule has 124 valence electrons. The largest absolute Gasteiger partial charge is 0.371 e. The minimum atomic E-state index is 0.0745. The lowest BCUT2D eigenvalue weighted by atomic mass is 9.88. The highest BCUT2D eigenvalue weighted by atomic mass is 16.5. The third-order valence-electron chi connectivity index (χ3n) is 5.17. The number of amides is 2. The lowest BCUT2D eigenvalue weighted by Crippen LogP contribution is -2.52. The van der Waals surface area contributed by atoms with Gasteiger partial charge in [0.05, 0.1) is 6.61 Å². The van der Waals surface area contributed by atoms with Crippen LogP contribution in [0, 0.1) is 11.8 Å². The maximum Gasteiger partial charge on any atom is 0.248 e. The molecular formula is C17H28N2O3. The van der Waals surface area contributed by atoms with Crippen molar-refractivity contribution >= 4 is 11.8 Å². The summed E-state index contributed by atoms with van der Waals surface area (Å²) in [7, 11) is 0. The Hall–Kier alpha value is -1.10. The van der Waals surface area contributed by atoms with Gasteiger partial charge in [-0.3, -0.25) is 9.59 Å². The molecular weight excluding hydrogens is 280 g/mol. The Morgan fingerprint density at radius 3 is 2.14 bits per heavy atom. The van der Waals surface area contributed by atoms with E-state index >= 15 is 0 Å². The summed E-state index contributed by atoms with van der Waals surface area (Å²) < 4.78 is 5.47. The van der Waals surface area contributed by atoms with E-state index in [0.29, 0.717) is 38.0 Å². The fraction of sp³-hybridized carbons (Fsp3) is 0.882. The van der Waals surface area contributed by atoms with Gasteiger partial charge in [0.1, 0.15) is 6.61 Å². The number of piperazine rings is 1. The van der Waals surface area contributed by atoms with Crippen molar-refractivity contribution in [3.05, 3.63) is 0 Å². The van der Waals surface area contributed by atoms with Crippen LogP contribution in [0.25, 0.3) is 0 Å². The van der Waals surface area contributed by atoms with Crippen molar-refractivity contribution in [1.29, 1.82) is 0 Å². The van der Waals surface area contributed by atoms with Crippen molar-refractivity contribution in [1.82, 2.24) is 9.80 Å². The van der Waals surface area contributed by atoms with Gasteiger partial charge in [-0.05, 0) is 31.6 Å². The Morgan fingerprint density at radius 2 is 1.50 bits per heavy atom. The monoisotopic (exact) mass is 308 g/mol. The molecule has 3 rings (SSSR count). The zero-order chi connectivity index (χ0) is 15.4. The van der Waals surface area contributed by atoms with Crippen molar-refractivity contribution in [2.24, 2.45) is 11.8 Å². The molecule has 1 heterocycles. The van der Waals surface area contributed by atoms with E-state index < -0.39 is 0 Å². The van der Waals surface area contributed by atoms with E-state index in [9.17, 15) is 9.59 Å². The van der Waals surface area contributed by atoms with E-state index in [2.05, 4.69) is 0 Å². The summed E-state index contributed by atoms with van der Waals surface area (Å²) in [5.74, 6) is 1.32. The molecule has 0 spiro atoms. The molecule has 5 nitrogen and oxygen atoms in total. The molecule has 0 N–H and O–H groups in total. The van der Waals surface area contributed by atoms with E-state index in [-0.39, 0.29) is 18.4 Å². The van der Waals surface area contributed by atoms with Gasteiger partial charge in [0.25, 0.3) is 0 Å². The molecule has 5 heteroatoms. The molecule has 2 saturated carbocycles. The van der Waals surface area contributed by atoms with Crippen LogP contribution in [0.3, 0.4) is 0 Å². The lowest BCUT2D eigenvalue weighted by Gasteiger charge is -2.37. The Bertz CT molecular complexity index is 395. The average molecular weight is 308 g/mol. The third kappa shape index (κ3) is 4.22. The Labute approximate surface area is 133 Å². The molecule has 0 atom stereocenters. The fourth-order valence-corrected chi connectivity index (χ4v) is 3.47. The summed E-state index contributed by atoms with van der Waals surface area (Å²) in [6.45, 7) is 3.61. The number of hydrogen-bond donors (Lipinski definition) is 0. The van der Waals surface area contributed by atoms with Crippen LogP contribution < -0.4 is 0 Å². The molecule has 0 bridgehead atoms. The average Bonchev–Trinajstić information content (AvgIpc) is 3.39. The minimum absolute atomic E-state index is 0.0745. The van der Waals surface area contributed by atoms with E-state index in [1.165, 1.54) is 32.1 Å². The summed E-state index contributed by atoms with van der Waals surface area (Å²) in [5.41, 5.74) is 0. The molecule has 3 aliphatic rings. The van der Waals surface area contributed by atoms with Crippen molar-refractivity contribution < 1.29 is 14.3 Å². The Balaban J connectivity index is 1.37. The summed E-state index contributed by atoms with van der Waals surface area (Å²) in [6, 6.07) is 0. The van der Waals surface area contributed by atoms with Gasteiger partial charge in [-0.25, -0.2) is 0 Å². The van der Waals surface area contributed by atoms with Gasteiger partial charge >= 0.3 is 0 Å². The van der Waals surface area contributed by atoms with E-state index in [1.54, 1.807) is 0 Å². The second-order valence-corrected chi connectivity index (χ2v) is 7.00. The first-order valence-corrected chi connectivity index (χ1v) is 8.88. The maximum atomic E-state index is 12.5. The first-order valence-electron chi connectivity index (χ1n) is 8.88. The van der Waals surface area contributed by atoms with Gasteiger partial charge in [-0.1, -0.05) is 19.3 Å². The predicted molar refractivity (Wildman–Crippen MR) is 83.3 cm³/mol. The van der Waals surface area contributed by atoms with Crippen molar-refractivity contribution in [3.8, 4) is 0 Å². The summed E-state index contributed by atoms with van der Waals surface area (Å²) in [5, 5.41) is 0. The standard InChI is InChI=1S/C17H28N2O3/c20-16(13-22-12-14-6-7-14)18-8-10-19(11-9-18)17(21)15-4-2-1-3-5-15/h14-15H,1-13H2. The zero-order valence-corrected chi connectivity index (χ0v) is 13.5. The molecule has 1 aliphatic heterocycles. The quantitative estimate of drug-likeness (QED) is 0.776. The lowest BCUT2D eigenvalue weighted by molar-refractivity contribution is -0.145. The summed E-state index contributed by atoms with van der Waals surface area (Å²) >= 11 is 0. The first-order chi connectivity index (χ1) is 10.7. The van der Waals surface area contributed by atoms with Crippen molar-refractivity contribution in [3.63, 3.8) is 0 Å². The van der Waals surface area contributed by atoms with Crippen LogP contribution in [0.2, 0.25) is 0 Å². The van der Waals surface area contributed by atoms with Crippen LogP contribution in [0.5, 0.6) is 0 Å². The minimum Gasteiger partial charge on any atom is -0.371 e. The Kier molecular flexibility index (Phi) is 5.34. The number of nitrogens with zero attached hydrogens (tertiary/aromatic N) is 2. The van der Waals surface area contributed by atoms with Crippen LogP contribution in [-0.2, 0) is 14.3 Å². The molecule has 0 unspecified atom stereocenters. The number of carbonyl (C=O) groups excluding carboxylic acids is 2. The second-order valence-electron chi connectivity index (χ2n) is 7.00. The van der Waals surface area contributed by atoms with Gasteiger partial charge in [0.15, 0.2) is 0 Å². The number of carbonyl (C=O) groups is 2. The van der Waals surface area contributed by atoms with E-state index in [4.69, 9.17) is 4.74 Å². The maximum absolute atomic E-state index is 12.5. The molecule has 22 heavy (non-hydrogen) atoms. The van der Waals surface area contributed by atoms with Gasteiger partial charge in [-0.2, -0.15) is 0 Å². The van der Waals surface area contributed by atoms with Crippen LogP contribution in [0.1, 0.15) is 44.9 Å². The van der Waals surface area contributed by atoms with Gasteiger partial charge < -0.3 is 14.5 Å². The van der Waals surface area contributed by atoms with Gasteiger partial charge in [-0.15, -0.1) is 0 Å². The highest BCUT2D eigenvalue weighted by molar-refractivity contribution is 5.80. The van der Waals surface area contributed by atoms with Crippen molar-refractivity contribution in [2.45, 2.75) is 44.9 Å². The molecule has 1 saturated heterocycles. The van der Waals surface area contributed by atoms with Gasteiger partial charge in [0, 0.05) is 32.1 Å². The summed E-state index contributed by atoms with van der Waals surface area (Å²) in [6.07, 6.45) is 8.24. The SMILES string of the molecule is O=C(COCC1CC1)N1CCN(C(=O)C2CCCCC2)CC1. The molecule has 3 fully saturated rings. The normalized spacial score (nSPS) is 23.6. The smallest absolute Gasteiger partial charge is 0.248 e. The molecule has 2 aliphatic carbocycles. The second kappa shape index (κ2) is 7.44.